The third-order valence-corrected chi connectivity index (χ3v) is 5.60. The van der Waals surface area contributed by atoms with Gasteiger partial charge >= 0.3 is 0 Å². The second-order valence-corrected chi connectivity index (χ2v) is 7.72. The Morgan fingerprint density at radius 2 is 1.56 bits per heavy atom. The van der Waals surface area contributed by atoms with Crippen LogP contribution in [-0.2, 0) is 10.0 Å². The summed E-state index contributed by atoms with van der Waals surface area (Å²) < 4.78 is 25.9. The maximum atomic E-state index is 11.8. The number of hydrogen-bond acceptors (Lipinski definition) is 5. The van der Waals surface area contributed by atoms with Crippen molar-refractivity contribution < 1.29 is 13.2 Å². The fourth-order valence-electron chi connectivity index (χ4n) is 2.62. The second-order valence-electron chi connectivity index (χ2n) is 5.83. The van der Waals surface area contributed by atoms with Crippen LogP contribution in [0.4, 0.5) is 5.82 Å². The predicted octanol–water partition coefficient (Wildman–Crippen LogP) is 2.00. The summed E-state index contributed by atoms with van der Waals surface area (Å²) in [6, 6.07) is 15.1. The van der Waals surface area contributed by atoms with E-state index in [0.717, 1.165) is 16.7 Å². The molecular weight excluding hydrogens is 364 g/mol. The Bertz CT molecular complexity index is 1090. The standard InChI is InChI=1S/C19H18N4O3S/c1-22-27(25,26)16-8-6-12(7-9-16)15-10-17(18(20)23-11-15)13-2-4-14(5-3-13)19(21)24/h2-11,22H,1H3,(H2,20,23)(H2,21,24). The number of carbonyl (C=O) groups excluding carboxylic acids is 1. The molecule has 3 rings (SSSR count). The monoisotopic (exact) mass is 382 g/mol. The molecule has 0 bridgehead atoms. The van der Waals surface area contributed by atoms with E-state index < -0.39 is 15.9 Å². The second kappa shape index (κ2) is 7.18. The van der Waals surface area contributed by atoms with E-state index in [1.807, 2.05) is 6.07 Å². The van der Waals surface area contributed by atoms with Crippen molar-refractivity contribution in [3.8, 4) is 22.3 Å². The van der Waals surface area contributed by atoms with Gasteiger partial charge in [-0.05, 0) is 48.5 Å². The molecule has 7 nitrogen and oxygen atoms in total. The van der Waals surface area contributed by atoms with E-state index in [1.165, 1.54) is 19.2 Å². The first-order valence-electron chi connectivity index (χ1n) is 8.01. The summed E-state index contributed by atoms with van der Waals surface area (Å²) in [4.78, 5) is 15.6. The summed E-state index contributed by atoms with van der Waals surface area (Å²) in [5, 5.41) is 0. The van der Waals surface area contributed by atoms with Crippen LogP contribution < -0.4 is 16.2 Å². The molecule has 0 atom stereocenters. The minimum Gasteiger partial charge on any atom is -0.383 e. The molecule has 3 aromatic rings. The number of carbonyl (C=O) groups is 1. The smallest absolute Gasteiger partial charge is 0.248 e. The van der Waals surface area contributed by atoms with Gasteiger partial charge in [0, 0.05) is 22.9 Å². The summed E-state index contributed by atoms with van der Waals surface area (Å²) in [7, 11) is -2.13. The Morgan fingerprint density at radius 1 is 0.963 bits per heavy atom. The highest BCUT2D eigenvalue weighted by Gasteiger charge is 2.12. The van der Waals surface area contributed by atoms with Gasteiger partial charge in [-0.1, -0.05) is 24.3 Å². The Hall–Kier alpha value is -3.23. The lowest BCUT2D eigenvalue weighted by molar-refractivity contribution is 0.100. The first kappa shape index (κ1) is 18.6. The van der Waals surface area contributed by atoms with Crippen molar-refractivity contribution in [3.63, 3.8) is 0 Å². The fraction of sp³-hybridized carbons (Fsp3) is 0.0526. The molecule has 0 aliphatic rings. The number of aromatic nitrogens is 1. The first-order chi connectivity index (χ1) is 12.8. The van der Waals surface area contributed by atoms with Gasteiger partial charge < -0.3 is 11.5 Å². The van der Waals surface area contributed by atoms with Gasteiger partial charge in [0.2, 0.25) is 15.9 Å². The van der Waals surface area contributed by atoms with Crippen LogP contribution >= 0.6 is 0 Å². The van der Waals surface area contributed by atoms with E-state index in [-0.39, 0.29) is 4.90 Å². The van der Waals surface area contributed by atoms with Gasteiger partial charge in [-0.15, -0.1) is 0 Å². The van der Waals surface area contributed by atoms with Gasteiger partial charge in [0.05, 0.1) is 4.90 Å². The van der Waals surface area contributed by atoms with Crippen LogP contribution in [0.25, 0.3) is 22.3 Å². The molecule has 0 aliphatic heterocycles. The van der Waals surface area contributed by atoms with Crippen molar-refractivity contribution in [2.24, 2.45) is 5.73 Å². The first-order valence-corrected chi connectivity index (χ1v) is 9.50. The minimum absolute atomic E-state index is 0.180. The van der Waals surface area contributed by atoms with Crippen LogP contribution in [0.3, 0.4) is 0 Å². The van der Waals surface area contributed by atoms with Crippen LogP contribution in [0.15, 0.2) is 65.7 Å². The molecular formula is C19H18N4O3S. The lowest BCUT2D eigenvalue weighted by Gasteiger charge is -2.10. The molecule has 1 heterocycles. The van der Waals surface area contributed by atoms with Gasteiger partial charge in [0.25, 0.3) is 0 Å². The number of anilines is 1. The normalized spacial score (nSPS) is 11.3. The summed E-state index contributed by atoms with van der Waals surface area (Å²) in [6.45, 7) is 0. The maximum absolute atomic E-state index is 11.8. The number of nitrogen functional groups attached to an aromatic ring is 1. The van der Waals surface area contributed by atoms with E-state index in [1.54, 1.807) is 42.6 Å². The van der Waals surface area contributed by atoms with Crippen molar-refractivity contribution in [1.29, 1.82) is 0 Å². The van der Waals surface area contributed by atoms with E-state index in [9.17, 15) is 13.2 Å². The summed E-state index contributed by atoms with van der Waals surface area (Å²) >= 11 is 0. The Kier molecular flexibility index (Phi) is 4.93. The number of primary amides is 1. The van der Waals surface area contributed by atoms with Gasteiger partial charge in [0.15, 0.2) is 0 Å². The highest BCUT2D eigenvalue weighted by atomic mass is 32.2. The number of pyridine rings is 1. The number of benzene rings is 2. The molecule has 5 N–H and O–H groups in total. The molecule has 2 aromatic carbocycles. The molecule has 0 radical (unpaired) electrons. The zero-order chi connectivity index (χ0) is 19.6. The zero-order valence-electron chi connectivity index (χ0n) is 14.5. The predicted molar refractivity (Wildman–Crippen MR) is 104 cm³/mol. The number of nitrogens with one attached hydrogen (secondary N) is 1. The number of nitrogens with zero attached hydrogens (tertiary/aromatic N) is 1. The highest BCUT2D eigenvalue weighted by Crippen LogP contribution is 2.30. The van der Waals surface area contributed by atoms with E-state index >= 15 is 0 Å². The van der Waals surface area contributed by atoms with E-state index in [4.69, 9.17) is 11.5 Å². The topological polar surface area (TPSA) is 128 Å². The molecule has 8 heteroatoms. The van der Waals surface area contributed by atoms with Gasteiger partial charge in [-0.3, -0.25) is 4.79 Å². The lowest BCUT2D eigenvalue weighted by Crippen LogP contribution is -2.18. The number of amides is 1. The Balaban J connectivity index is 1.99. The molecule has 0 aliphatic carbocycles. The molecule has 1 aromatic heterocycles. The number of nitrogens with two attached hydrogens (primary N) is 2. The van der Waals surface area contributed by atoms with Crippen molar-refractivity contribution >= 4 is 21.7 Å². The maximum Gasteiger partial charge on any atom is 0.248 e. The summed E-state index contributed by atoms with van der Waals surface area (Å²) in [5.41, 5.74) is 14.8. The van der Waals surface area contributed by atoms with Crippen molar-refractivity contribution in [2.45, 2.75) is 4.90 Å². The third kappa shape index (κ3) is 3.81. The average Bonchev–Trinajstić information content (AvgIpc) is 2.68. The summed E-state index contributed by atoms with van der Waals surface area (Å²) in [6.07, 6.45) is 1.62. The molecule has 0 fully saturated rings. The van der Waals surface area contributed by atoms with Crippen LogP contribution in [-0.4, -0.2) is 26.4 Å². The lowest BCUT2D eigenvalue weighted by atomic mass is 10.00. The van der Waals surface area contributed by atoms with Crippen molar-refractivity contribution in [3.05, 3.63) is 66.4 Å². The molecule has 0 unspecified atom stereocenters. The highest BCUT2D eigenvalue weighted by molar-refractivity contribution is 7.89. The van der Waals surface area contributed by atoms with Gasteiger partial charge in [-0.25, -0.2) is 18.1 Å². The largest absolute Gasteiger partial charge is 0.383 e. The van der Waals surface area contributed by atoms with Gasteiger partial charge in [0.1, 0.15) is 5.82 Å². The molecule has 0 saturated heterocycles. The SMILES string of the molecule is CNS(=O)(=O)c1ccc(-c2cnc(N)c(-c3ccc(C(N)=O)cc3)c2)cc1. The molecule has 1 amide bonds. The Labute approximate surface area is 157 Å². The number of sulfonamides is 1. The Morgan fingerprint density at radius 3 is 2.11 bits per heavy atom. The average molecular weight is 382 g/mol. The zero-order valence-corrected chi connectivity index (χ0v) is 15.3. The fourth-order valence-corrected chi connectivity index (χ4v) is 3.35. The minimum atomic E-state index is -3.49. The quantitative estimate of drug-likeness (QED) is 0.622. The molecule has 138 valence electrons. The van der Waals surface area contributed by atoms with Crippen LogP contribution in [0.1, 0.15) is 10.4 Å². The van der Waals surface area contributed by atoms with Crippen LogP contribution in [0.2, 0.25) is 0 Å². The number of hydrogen-bond donors (Lipinski definition) is 3. The van der Waals surface area contributed by atoms with Gasteiger partial charge in [-0.2, -0.15) is 0 Å². The van der Waals surface area contributed by atoms with Crippen LogP contribution in [0, 0.1) is 0 Å². The number of rotatable bonds is 5. The van der Waals surface area contributed by atoms with Crippen molar-refractivity contribution in [1.82, 2.24) is 9.71 Å². The molecule has 0 spiro atoms. The molecule has 0 saturated carbocycles. The van der Waals surface area contributed by atoms with E-state index in [0.29, 0.717) is 16.9 Å². The molecule has 27 heavy (non-hydrogen) atoms. The summed E-state index contributed by atoms with van der Waals surface area (Å²) in [5.74, 6) is -0.155. The van der Waals surface area contributed by atoms with Crippen LogP contribution in [0.5, 0.6) is 0 Å². The van der Waals surface area contributed by atoms with E-state index in [2.05, 4.69) is 9.71 Å². The third-order valence-electron chi connectivity index (χ3n) is 4.17. The van der Waals surface area contributed by atoms with Crippen molar-refractivity contribution in [2.75, 3.05) is 12.8 Å².